The Labute approximate surface area is 167 Å². The molecule has 6 nitrogen and oxygen atoms in total. The van der Waals surface area contributed by atoms with Crippen molar-refractivity contribution in [3.63, 3.8) is 0 Å². The monoisotopic (exact) mass is 388 g/mol. The summed E-state index contributed by atoms with van der Waals surface area (Å²) in [5.74, 6) is 1.14. The quantitative estimate of drug-likeness (QED) is 0.778. The van der Waals surface area contributed by atoms with Gasteiger partial charge in [-0.15, -0.1) is 0 Å². The van der Waals surface area contributed by atoms with Crippen molar-refractivity contribution in [3.05, 3.63) is 29.3 Å². The highest BCUT2D eigenvalue weighted by Crippen LogP contribution is 2.28. The van der Waals surface area contributed by atoms with Gasteiger partial charge in [0.05, 0.1) is 0 Å². The maximum Gasteiger partial charge on any atom is 0.263 e. The molecule has 3 rings (SSSR count). The number of hydrogen-bond acceptors (Lipinski definition) is 4. The van der Waals surface area contributed by atoms with Crippen LogP contribution in [0.15, 0.2) is 18.2 Å². The number of ether oxygens (including phenoxy) is 2. The first-order valence-electron chi connectivity index (χ1n) is 10.3. The minimum absolute atomic E-state index is 0.0274. The lowest BCUT2D eigenvalue weighted by molar-refractivity contribution is -0.148. The second kappa shape index (κ2) is 8.95. The zero-order valence-electron chi connectivity index (χ0n) is 17.4. The van der Waals surface area contributed by atoms with E-state index in [1.54, 1.807) is 11.8 Å². The Morgan fingerprint density at radius 3 is 2.39 bits per heavy atom. The zero-order valence-corrected chi connectivity index (χ0v) is 17.4. The number of benzene rings is 1. The number of piperazine rings is 1. The highest BCUT2D eigenvalue weighted by molar-refractivity contribution is 5.83. The van der Waals surface area contributed by atoms with Gasteiger partial charge in [-0.2, -0.15) is 0 Å². The van der Waals surface area contributed by atoms with E-state index >= 15 is 0 Å². The van der Waals surface area contributed by atoms with Crippen LogP contribution in [0.25, 0.3) is 0 Å². The van der Waals surface area contributed by atoms with Crippen LogP contribution in [-0.4, -0.2) is 66.6 Å². The standard InChI is InChI=1S/C22H32N2O4/c1-15(2)18-8-7-16(3)14-20(18)28-17(4)21(25)23-9-11-24(12-10-23)22(26)19-6-5-13-27-19/h7-8,14-15,17,19H,5-6,9-13H2,1-4H3. The van der Waals surface area contributed by atoms with E-state index in [1.165, 1.54) is 0 Å². The van der Waals surface area contributed by atoms with Gasteiger partial charge in [-0.1, -0.05) is 26.0 Å². The molecule has 0 radical (unpaired) electrons. The van der Waals surface area contributed by atoms with Crippen molar-refractivity contribution in [2.24, 2.45) is 0 Å². The molecular formula is C22H32N2O4. The van der Waals surface area contributed by atoms with Crippen LogP contribution in [0.4, 0.5) is 0 Å². The normalized spacial score (nSPS) is 21.1. The summed E-state index contributed by atoms with van der Waals surface area (Å²) in [5, 5.41) is 0. The van der Waals surface area contributed by atoms with Crippen LogP contribution < -0.4 is 4.74 Å². The maximum atomic E-state index is 12.9. The van der Waals surface area contributed by atoms with Crippen molar-refractivity contribution in [2.45, 2.75) is 58.7 Å². The van der Waals surface area contributed by atoms with E-state index in [0.29, 0.717) is 38.7 Å². The van der Waals surface area contributed by atoms with Crippen LogP contribution in [0.3, 0.4) is 0 Å². The number of aryl methyl sites for hydroxylation is 1. The molecule has 154 valence electrons. The van der Waals surface area contributed by atoms with Crippen LogP contribution in [0.5, 0.6) is 5.75 Å². The first-order chi connectivity index (χ1) is 13.4. The molecule has 0 bridgehead atoms. The van der Waals surface area contributed by atoms with E-state index in [1.807, 2.05) is 17.9 Å². The van der Waals surface area contributed by atoms with Gasteiger partial charge < -0.3 is 19.3 Å². The van der Waals surface area contributed by atoms with Gasteiger partial charge in [-0.05, 0) is 49.8 Å². The SMILES string of the molecule is Cc1ccc(C(C)C)c(OC(C)C(=O)N2CCN(C(=O)C3CCCO3)CC2)c1. The molecule has 2 aliphatic rings. The molecule has 0 saturated carbocycles. The van der Waals surface area contributed by atoms with Crippen molar-refractivity contribution in [1.82, 2.24) is 9.80 Å². The van der Waals surface area contributed by atoms with Crippen LogP contribution in [0, 0.1) is 6.92 Å². The minimum Gasteiger partial charge on any atom is -0.481 e. The number of hydrogen-bond donors (Lipinski definition) is 0. The average molecular weight is 389 g/mol. The Morgan fingerprint density at radius 2 is 1.79 bits per heavy atom. The van der Waals surface area contributed by atoms with Crippen LogP contribution in [0.2, 0.25) is 0 Å². The van der Waals surface area contributed by atoms with Gasteiger partial charge in [0, 0.05) is 32.8 Å². The lowest BCUT2D eigenvalue weighted by Gasteiger charge is -2.36. The molecule has 2 unspecified atom stereocenters. The molecule has 6 heteroatoms. The maximum absolute atomic E-state index is 12.9. The number of carbonyl (C=O) groups excluding carboxylic acids is 2. The molecule has 2 atom stereocenters. The molecule has 1 aromatic carbocycles. The van der Waals surface area contributed by atoms with E-state index < -0.39 is 6.10 Å². The molecule has 2 aliphatic heterocycles. The topological polar surface area (TPSA) is 59.1 Å². The highest BCUT2D eigenvalue weighted by atomic mass is 16.5. The summed E-state index contributed by atoms with van der Waals surface area (Å²) in [6, 6.07) is 6.14. The summed E-state index contributed by atoms with van der Waals surface area (Å²) >= 11 is 0. The molecule has 0 spiro atoms. The van der Waals surface area contributed by atoms with Gasteiger partial charge in [0.2, 0.25) is 0 Å². The summed E-state index contributed by atoms with van der Waals surface area (Å²) in [7, 11) is 0. The summed E-state index contributed by atoms with van der Waals surface area (Å²) in [4.78, 5) is 29.0. The van der Waals surface area contributed by atoms with Gasteiger partial charge in [0.25, 0.3) is 11.8 Å². The average Bonchev–Trinajstić information content (AvgIpc) is 3.21. The fraction of sp³-hybridized carbons (Fsp3) is 0.636. The van der Waals surface area contributed by atoms with Crippen molar-refractivity contribution in [2.75, 3.05) is 32.8 Å². The fourth-order valence-electron chi connectivity index (χ4n) is 3.84. The zero-order chi connectivity index (χ0) is 20.3. The fourth-order valence-corrected chi connectivity index (χ4v) is 3.84. The number of carbonyl (C=O) groups is 2. The third-order valence-electron chi connectivity index (χ3n) is 5.55. The van der Waals surface area contributed by atoms with Gasteiger partial charge in [-0.3, -0.25) is 9.59 Å². The molecule has 2 fully saturated rings. The third kappa shape index (κ3) is 4.66. The third-order valence-corrected chi connectivity index (χ3v) is 5.55. The number of nitrogens with zero attached hydrogens (tertiary/aromatic N) is 2. The second-order valence-corrected chi connectivity index (χ2v) is 8.11. The number of rotatable bonds is 5. The molecule has 2 heterocycles. The van der Waals surface area contributed by atoms with Crippen LogP contribution >= 0.6 is 0 Å². The summed E-state index contributed by atoms with van der Waals surface area (Å²) in [6.07, 6.45) is 0.901. The first kappa shape index (κ1) is 20.6. The lowest BCUT2D eigenvalue weighted by atomic mass is 10.0. The Hall–Kier alpha value is -2.08. The largest absolute Gasteiger partial charge is 0.481 e. The van der Waals surface area contributed by atoms with E-state index in [4.69, 9.17) is 9.47 Å². The highest BCUT2D eigenvalue weighted by Gasteiger charge is 2.32. The molecule has 0 N–H and O–H groups in total. The molecule has 0 aromatic heterocycles. The summed E-state index contributed by atoms with van der Waals surface area (Å²) in [6.45, 7) is 10.9. The predicted molar refractivity (Wildman–Crippen MR) is 107 cm³/mol. The van der Waals surface area contributed by atoms with Crippen molar-refractivity contribution < 1.29 is 19.1 Å². The smallest absolute Gasteiger partial charge is 0.263 e. The lowest BCUT2D eigenvalue weighted by Crippen LogP contribution is -2.54. The van der Waals surface area contributed by atoms with Gasteiger partial charge in [0.15, 0.2) is 6.10 Å². The van der Waals surface area contributed by atoms with Crippen LogP contribution in [0.1, 0.15) is 50.7 Å². The van der Waals surface area contributed by atoms with Crippen molar-refractivity contribution in [1.29, 1.82) is 0 Å². The van der Waals surface area contributed by atoms with Crippen molar-refractivity contribution in [3.8, 4) is 5.75 Å². The molecule has 28 heavy (non-hydrogen) atoms. The van der Waals surface area contributed by atoms with Crippen LogP contribution in [-0.2, 0) is 14.3 Å². The Morgan fingerprint density at radius 1 is 1.11 bits per heavy atom. The van der Waals surface area contributed by atoms with E-state index in [2.05, 4.69) is 26.0 Å². The molecule has 0 aliphatic carbocycles. The van der Waals surface area contributed by atoms with Crippen molar-refractivity contribution >= 4 is 11.8 Å². The van der Waals surface area contributed by atoms with E-state index in [9.17, 15) is 9.59 Å². The second-order valence-electron chi connectivity index (χ2n) is 8.11. The van der Waals surface area contributed by atoms with E-state index in [0.717, 1.165) is 29.7 Å². The molecule has 2 saturated heterocycles. The summed E-state index contributed by atoms with van der Waals surface area (Å²) < 4.78 is 11.6. The molecular weight excluding hydrogens is 356 g/mol. The number of amides is 2. The molecule has 2 amide bonds. The van der Waals surface area contributed by atoms with Gasteiger partial charge >= 0.3 is 0 Å². The Balaban J connectivity index is 1.56. The first-order valence-corrected chi connectivity index (χ1v) is 10.3. The van der Waals surface area contributed by atoms with Gasteiger partial charge in [-0.25, -0.2) is 0 Å². The summed E-state index contributed by atoms with van der Waals surface area (Å²) in [5.41, 5.74) is 2.22. The predicted octanol–water partition coefficient (Wildman–Crippen LogP) is 2.74. The minimum atomic E-state index is -0.556. The van der Waals surface area contributed by atoms with E-state index in [-0.39, 0.29) is 17.9 Å². The Bertz CT molecular complexity index is 704. The van der Waals surface area contributed by atoms with Gasteiger partial charge in [0.1, 0.15) is 11.9 Å². The Kier molecular flexibility index (Phi) is 6.60. The molecule has 1 aromatic rings.